The fraction of sp³-hybridized carbons (Fsp3) is 0.933. The summed E-state index contributed by atoms with van der Waals surface area (Å²) in [7, 11) is 1.86. The molecule has 1 aliphatic heterocycles. The molecule has 4 nitrogen and oxygen atoms in total. The summed E-state index contributed by atoms with van der Waals surface area (Å²) >= 11 is 0. The number of hydrogen-bond donors (Lipinski definition) is 2. The first kappa shape index (κ1) is 14.6. The molecule has 2 aliphatic rings. The van der Waals surface area contributed by atoms with Crippen molar-refractivity contribution < 1.29 is 0 Å². The van der Waals surface area contributed by atoms with E-state index in [1.807, 2.05) is 7.05 Å². The van der Waals surface area contributed by atoms with Gasteiger partial charge in [-0.1, -0.05) is 13.3 Å². The van der Waals surface area contributed by atoms with Gasteiger partial charge in [0.2, 0.25) is 0 Å². The Kier molecular flexibility index (Phi) is 5.49. The first-order valence-electron chi connectivity index (χ1n) is 7.92. The molecule has 0 radical (unpaired) electrons. The molecule has 19 heavy (non-hydrogen) atoms. The Hall–Kier alpha value is -0.770. The minimum atomic E-state index is 0.647. The molecule has 2 fully saturated rings. The van der Waals surface area contributed by atoms with E-state index in [-0.39, 0.29) is 0 Å². The summed E-state index contributed by atoms with van der Waals surface area (Å²) in [6.07, 6.45) is 6.64. The van der Waals surface area contributed by atoms with Crippen molar-refractivity contribution in [3.8, 4) is 0 Å². The lowest BCUT2D eigenvalue weighted by molar-refractivity contribution is 0.159. The second-order valence-corrected chi connectivity index (χ2v) is 6.20. The van der Waals surface area contributed by atoms with Crippen LogP contribution >= 0.6 is 0 Å². The van der Waals surface area contributed by atoms with Crippen LogP contribution in [0.5, 0.6) is 0 Å². The third kappa shape index (κ3) is 4.68. The average Bonchev–Trinajstić information content (AvgIpc) is 3.10. The van der Waals surface area contributed by atoms with Gasteiger partial charge in [-0.25, -0.2) is 0 Å². The van der Waals surface area contributed by atoms with E-state index in [2.05, 4.69) is 34.4 Å². The number of aliphatic imine (C=N–C) groups is 1. The van der Waals surface area contributed by atoms with Crippen LogP contribution in [0.1, 0.15) is 46.0 Å². The van der Waals surface area contributed by atoms with E-state index in [4.69, 9.17) is 0 Å². The van der Waals surface area contributed by atoms with Crippen LogP contribution in [0.2, 0.25) is 0 Å². The molecule has 1 aliphatic carbocycles. The molecule has 3 atom stereocenters. The van der Waals surface area contributed by atoms with Crippen molar-refractivity contribution >= 4 is 5.96 Å². The van der Waals surface area contributed by atoms with Gasteiger partial charge in [-0.15, -0.1) is 0 Å². The van der Waals surface area contributed by atoms with E-state index >= 15 is 0 Å². The lowest BCUT2D eigenvalue weighted by Gasteiger charge is -2.33. The van der Waals surface area contributed by atoms with Gasteiger partial charge in [0, 0.05) is 32.2 Å². The summed E-state index contributed by atoms with van der Waals surface area (Å²) < 4.78 is 0. The van der Waals surface area contributed by atoms with Crippen LogP contribution in [0.3, 0.4) is 0 Å². The largest absolute Gasteiger partial charge is 0.356 e. The van der Waals surface area contributed by atoms with Crippen molar-refractivity contribution in [1.82, 2.24) is 15.5 Å². The Morgan fingerprint density at radius 1 is 1.32 bits per heavy atom. The highest BCUT2D eigenvalue weighted by atomic mass is 15.2. The zero-order chi connectivity index (χ0) is 13.7. The zero-order valence-electron chi connectivity index (χ0n) is 12.8. The molecule has 2 rings (SSSR count). The molecule has 1 saturated heterocycles. The van der Waals surface area contributed by atoms with Crippen molar-refractivity contribution in [3.63, 3.8) is 0 Å². The van der Waals surface area contributed by atoms with Crippen LogP contribution in [0.25, 0.3) is 0 Å². The summed E-state index contributed by atoms with van der Waals surface area (Å²) in [6, 6.07) is 1.42. The van der Waals surface area contributed by atoms with Crippen LogP contribution in [0.4, 0.5) is 0 Å². The van der Waals surface area contributed by atoms with E-state index in [9.17, 15) is 0 Å². The summed E-state index contributed by atoms with van der Waals surface area (Å²) in [5, 5.41) is 6.89. The molecule has 3 unspecified atom stereocenters. The first-order valence-corrected chi connectivity index (χ1v) is 7.92. The van der Waals surface area contributed by atoms with Crippen LogP contribution in [0, 0.1) is 5.92 Å². The molecule has 0 bridgehead atoms. The molecule has 4 heteroatoms. The standard InChI is InChI=1S/C15H30N4/c1-12-11-14(12)18-15(16-3)17-8-6-10-19-9-5-4-7-13(19)2/h12-14H,4-11H2,1-3H3,(H2,16,17,18). The fourth-order valence-electron chi connectivity index (χ4n) is 2.87. The molecule has 1 saturated carbocycles. The Morgan fingerprint density at radius 3 is 2.74 bits per heavy atom. The Labute approximate surface area is 118 Å². The number of hydrogen-bond acceptors (Lipinski definition) is 2. The number of rotatable bonds is 5. The predicted octanol–water partition coefficient (Wildman–Crippen LogP) is 1.82. The van der Waals surface area contributed by atoms with Gasteiger partial charge in [-0.05, 0) is 45.1 Å². The topological polar surface area (TPSA) is 39.7 Å². The Balaban J connectivity index is 1.57. The van der Waals surface area contributed by atoms with E-state index in [1.54, 1.807) is 0 Å². The SMILES string of the molecule is CN=C(NCCCN1CCCCC1C)NC1CC1C. The summed E-state index contributed by atoms with van der Waals surface area (Å²) in [4.78, 5) is 6.91. The highest BCUT2D eigenvalue weighted by molar-refractivity contribution is 5.80. The first-order chi connectivity index (χ1) is 9.20. The molecule has 110 valence electrons. The van der Waals surface area contributed by atoms with Gasteiger partial charge in [-0.3, -0.25) is 4.99 Å². The van der Waals surface area contributed by atoms with Crippen molar-refractivity contribution in [2.45, 2.75) is 58.0 Å². The summed E-state index contributed by atoms with van der Waals surface area (Å²) in [5.41, 5.74) is 0. The van der Waals surface area contributed by atoms with Crippen molar-refractivity contribution in [3.05, 3.63) is 0 Å². The van der Waals surface area contributed by atoms with Crippen LogP contribution in [-0.2, 0) is 0 Å². The van der Waals surface area contributed by atoms with E-state index in [0.29, 0.717) is 6.04 Å². The second-order valence-electron chi connectivity index (χ2n) is 6.20. The lowest BCUT2D eigenvalue weighted by Crippen LogP contribution is -2.42. The van der Waals surface area contributed by atoms with E-state index in [0.717, 1.165) is 24.5 Å². The average molecular weight is 266 g/mol. The maximum absolute atomic E-state index is 4.28. The van der Waals surface area contributed by atoms with Crippen molar-refractivity contribution in [2.24, 2.45) is 10.9 Å². The van der Waals surface area contributed by atoms with Crippen molar-refractivity contribution in [1.29, 1.82) is 0 Å². The van der Waals surface area contributed by atoms with Gasteiger partial charge in [0.1, 0.15) is 0 Å². The molecular formula is C15H30N4. The van der Waals surface area contributed by atoms with Gasteiger partial charge in [0.05, 0.1) is 0 Å². The smallest absolute Gasteiger partial charge is 0.191 e. The Morgan fingerprint density at radius 2 is 2.11 bits per heavy atom. The van der Waals surface area contributed by atoms with Gasteiger partial charge in [-0.2, -0.15) is 0 Å². The van der Waals surface area contributed by atoms with Gasteiger partial charge in [0.15, 0.2) is 5.96 Å². The molecule has 0 spiro atoms. The second kappa shape index (κ2) is 7.13. The van der Waals surface area contributed by atoms with E-state index < -0.39 is 0 Å². The normalized spacial score (nSPS) is 32.2. The minimum Gasteiger partial charge on any atom is -0.356 e. The molecule has 2 N–H and O–H groups in total. The molecule has 0 aromatic rings. The van der Waals surface area contributed by atoms with Crippen LogP contribution in [0.15, 0.2) is 4.99 Å². The van der Waals surface area contributed by atoms with Crippen molar-refractivity contribution in [2.75, 3.05) is 26.7 Å². The molecule has 0 aromatic heterocycles. The quantitative estimate of drug-likeness (QED) is 0.453. The third-order valence-corrected chi connectivity index (χ3v) is 4.51. The van der Waals surface area contributed by atoms with Crippen LogP contribution in [-0.4, -0.2) is 49.6 Å². The molecule has 0 amide bonds. The number of guanidine groups is 1. The number of nitrogens with one attached hydrogen (secondary N) is 2. The third-order valence-electron chi connectivity index (χ3n) is 4.51. The zero-order valence-corrected chi connectivity index (χ0v) is 12.8. The Bertz CT molecular complexity index is 303. The monoisotopic (exact) mass is 266 g/mol. The maximum Gasteiger partial charge on any atom is 0.191 e. The number of piperidine rings is 1. The maximum atomic E-state index is 4.28. The number of likely N-dealkylation sites (tertiary alicyclic amines) is 1. The highest BCUT2D eigenvalue weighted by Gasteiger charge is 2.33. The summed E-state index contributed by atoms with van der Waals surface area (Å²) in [6.45, 7) is 8.16. The van der Waals surface area contributed by atoms with Gasteiger partial charge >= 0.3 is 0 Å². The minimum absolute atomic E-state index is 0.647. The van der Waals surface area contributed by atoms with Gasteiger partial charge in [0.25, 0.3) is 0 Å². The molecule has 1 heterocycles. The summed E-state index contributed by atoms with van der Waals surface area (Å²) in [5.74, 6) is 1.79. The van der Waals surface area contributed by atoms with E-state index in [1.165, 1.54) is 45.2 Å². The highest BCUT2D eigenvalue weighted by Crippen LogP contribution is 2.28. The molecule has 0 aromatic carbocycles. The molecular weight excluding hydrogens is 236 g/mol. The number of nitrogens with zero attached hydrogens (tertiary/aromatic N) is 2. The lowest BCUT2D eigenvalue weighted by atomic mass is 10.0. The van der Waals surface area contributed by atoms with Gasteiger partial charge < -0.3 is 15.5 Å². The van der Waals surface area contributed by atoms with Crippen LogP contribution < -0.4 is 10.6 Å². The predicted molar refractivity (Wildman–Crippen MR) is 81.6 cm³/mol. The fourth-order valence-corrected chi connectivity index (χ4v) is 2.87.